The van der Waals surface area contributed by atoms with Crippen molar-refractivity contribution in [2.24, 2.45) is 9.49 Å². The van der Waals surface area contributed by atoms with Crippen LogP contribution in [0.4, 0.5) is 0 Å². The van der Waals surface area contributed by atoms with E-state index in [4.69, 9.17) is 9.49 Å². The average molecular weight is 961 g/mol. The molecule has 0 bridgehead atoms. The molecular formula is C50H38HgN2O2P2. The van der Waals surface area contributed by atoms with Crippen molar-refractivity contribution < 1.29 is 34.2 Å². The zero-order valence-electron chi connectivity index (χ0n) is 31.3. The molecule has 0 aliphatic carbocycles. The summed E-state index contributed by atoms with van der Waals surface area (Å²) < 4.78 is 12.7. The summed E-state index contributed by atoms with van der Waals surface area (Å²) in [5.74, 6) is -0.489. The van der Waals surface area contributed by atoms with Gasteiger partial charge < -0.3 is 0 Å². The molecule has 8 rings (SSSR count). The average Bonchev–Trinajstić information content (AvgIpc) is 3.29. The summed E-state index contributed by atoms with van der Waals surface area (Å²) in [6.07, 6.45) is 0. The van der Waals surface area contributed by atoms with Crippen molar-refractivity contribution in [3.63, 3.8) is 0 Å². The second kappa shape index (κ2) is 17.7. The minimum absolute atomic E-state index is 0.244. The van der Waals surface area contributed by atoms with Gasteiger partial charge in [0.05, 0.1) is 0 Å². The summed E-state index contributed by atoms with van der Waals surface area (Å²) in [5.41, 5.74) is 1.20. The molecular weight excluding hydrogens is 923 g/mol. The van der Waals surface area contributed by atoms with Crippen molar-refractivity contribution in [2.45, 2.75) is 0 Å². The van der Waals surface area contributed by atoms with Crippen LogP contribution >= 0.6 is 14.1 Å². The van der Waals surface area contributed by atoms with Crippen LogP contribution in [0, 0.1) is 0 Å². The number of carbonyl (C=O) groups excluding carboxylic acids is 2. The number of benzene rings is 8. The Morgan fingerprint density at radius 2 is 0.509 bits per heavy atom. The predicted octanol–water partition coefficient (Wildman–Crippen LogP) is 8.36. The molecule has 0 heterocycles. The second-order valence-corrected chi connectivity index (χ2v) is 26.9. The number of hydrogen-bond acceptors (Lipinski definition) is 2. The van der Waals surface area contributed by atoms with Gasteiger partial charge in [0.25, 0.3) is 0 Å². The van der Waals surface area contributed by atoms with Crippen LogP contribution in [-0.4, -0.2) is 11.8 Å². The first-order chi connectivity index (χ1) is 28.1. The van der Waals surface area contributed by atoms with Crippen molar-refractivity contribution in [1.29, 1.82) is 0 Å². The molecule has 8 aromatic carbocycles. The van der Waals surface area contributed by atoms with E-state index in [0.717, 1.165) is 38.0 Å². The Bertz CT molecular complexity index is 2350. The van der Waals surface area contributed by atoms with Gasteiger partial charge in [0.1, 0.15) is 0 Å². The maximum absolute atomic E-state index is 14.9. The van der Waals surface area contributed by atoms with Gasteiger partial charge in [0, 0.05) is 0 Å². The molecule has 7 heteroatoms. The van der Waals surface area contributed by atoms with Crippen LogP contribution in [-0.2, 0) is 24.6 Å². The molecule has 0 unspecified atom stereocenters. The van der Waals surface area contributed by atoms with Crippen LogP contribution < -0.4 is 38.0 Å². The van der Waals surface area contributed by atoms with Crippen molar-refractivity contribution >= 4 is 63.9 Å². The van der Waals surface area contributed by atoms with Crippen LogP contribution in [0.3, 0.4) is 0 Å². The third-order valence-electron chi connectivity index (χ3n) is 10.1. The minimum atomic E-state index is -2.78. The molecule has 0 radical (unpaired) electrons. The van der Waals surface area contributed by atoms with Gasteiger partial charge in [0.2, 0.25) is 0 Å². The van der Waals surface area contributed by atoms with Crippen LogP contribution in [0.15, 0.2) is 240 Å². The quantitative estimate of drug-likeness (QED) is 0.102. The first kappa shape index (κ1) is 38.4. The van der Waals surface area contributed by atoms with E-state index in [1.54, 1.807) is 0 Å². The molecule has 0 aromatic heterocycles. The molecule has 0 aliphatic rings. The molecule has 4 nitrogen and oxygen atoms in total. The summed E-state index contributed by atoms with van der Waals surface area (Å²) in [6, 6.07) is 77.0. The van der Waals surface area contributed by atoms with E-state index in [-0.39, 0.29) is 11.8 Å². The topological polar surface area (TPSA) is 58.9 Å². The monoisotopic (exact) mass is 962 g/mol. The van der Waals surface area contributed by atoms with Gasteiger partial charge in [0.15, 0.2) is 0 Å². The SMILES string of the molecule is O=C(N=P(c1ccccc1)(c1ccccc1)c1ccccc1)c1cccc[c]1[Hg][c]1ccccc1C(=O)N=P(c1ccccc1)(c1ccccc1)c1ccccc1. The van der Waals surface area contributed by atoms with Crippen LogP contribution in [0.25, 0.3) is 0 Å². The van der Waals surface area contributed by atoms with E-state index >= 15 is 0 Å². The van der Waals surface area contributed by atoms with Crippen molar-refractivity contribution in [2.75, 3.05) is 0 Å². The van der Waals surface area contributed by atoms with Crippen LogP contribution in [0.1, 0.15) is 20.7 Å². The standard InChI is InChI=1S/2C25H19NOP.Hg/c2*27-25(21-13-5-1-6-14-21)26-28(22-15-7-2-8-16-22,23-17-9-3-10-18-23)24-19-11-4-12-20-24;/h2*1-13,15-20H;. The number of amides is 2. The van der Waals surface area contributed by atoms with E-state index in [2.05, 4.69) is 84.9 Å². The molecule has 0 aliphatic heterocycles. The first-order valence-corrected chi connectivity index (χ1v) is 27.9. The van der Waals surface area contributed by atoms with E-state index in [9.17, 15) is 9.59 Å². The molecule has 0 atom stereocenters. The third-order valence-corrected chi connectivity index (χ3v) is 25.1. The molecule has 0 spiro atoms. The Morgan fingerprint density at radius 1 is 0.298 bits per heavy atom. The van der Waals surface area contributed by atoms with Gasteiger partial charge in [-0.3, -0.25) is 0 Å². The summed E-state index contributed by atoms with van der Waals surface area (Å²) in [7, 11) is -5.56. The maximum atomic E-state index is 14.9. The second-order valence-electron chi connectivity index (χ2n) is 13.6. The molecule has 2 amide bonds. The van der Waals surface area contributed by atoms with Crippen LogP contribution in [0.2, 0.25) is 0 Å². The van der Waals surface area contributed by atoms with E-state index in [1.165, 1.54) is 0 Å². The van der Waals surface area contributed by atoms with Crippen molar-refractivity contribution in [3.8, 4) is 0 Å². The summed E-state index contributed by atoms with van der Waals surface area (Å²) >= 11 is -2.44. The van der Waals surface area contributed by atoms with Gasteiger partial charge >= 0.3 is 349 Å². The summed E-state index contributed by atoms with van der Waals surface area (Å²) in [5, 5.41) is 6.07. The third kappa shape index (κ3) is 7.91. The first-order valence-electron chi connectivity index (χ1n) is 18.9. The van der Waals surface area contributed by atoms with E-state index in [1.807, 2.05) is 146 Å². The number of nitrogens with zero attached hydrogens (tertiary/aromatic N) is 2. The zero-order chi connectivity index (χ0) is 38.9. The zero-order valence-corrected chi connectivity index (χ0v) is 38.5. The predicted molar refractivity (Wildman–Crippen MR) is 236 cm³/mol. The van der Waals surface area contributed by atoms with Gasteiger partial charge in [-0.1, -0.05) is 0 Å². The summed E-state index contributed by atoms with van der Waals surface area (Å²) in [4.78, 5) is 29.8. The molecule has 0 saturated carbocycles. The number of carbonyl (C=O) groups is 2. The Kier molecular flexibility index (Phi) is 11.9. The fourth-order valence-electron chi connectivity index (χ4n) is 7.45. The van der Waals surface area contributed by atoms with Gasteiger partial charge in [-0.2, -0.15) is 0 Å². The van der Waals surface area contributed by atoms with Crippen molar-refractivity contribution in [3.05, 3.63) is 242 Å². The Morgan fingerprint density at radius 3 is 0.754 bits per heavy atom. The molecule has 0 fully saturated rings. The van der Waals surface area contributed by atoms with E-state index < -0.39 is 38.7 Å². The van der Waals surface area contributed by atoms with Gasteiger partial charge in [-0.25, -0.2) is 0 Å². The molecule has 8 aromatic rings. The Hall–Kier alpha value is -5.50. The fourth-order valence-corrected chi connectivity index (χ4v) is 21.5. The van der Waals surface area contributed by atoms with E-state index in [0.29, 0.717) is 11.1 Å². The Balaban J connectivity index is 1.26. The van der Waals surface area contributed by atoms with Gasteiger partial charge in [-0.15, -0.1) is 0 Å². The number of hydrogen-bond donors (Lipinski definition) is 0. The van der Waals surface area contributed by atoms with Crippen molar-refractivity contribution in [1.82, 2.24) is 0 Å². The molecule has 57 heavy (non-hydrogen) atoms. The Labute approximate surface area is 346 Å². The molecule has 0 N–H and O–H groups in total. The number of rotatable bonds is 10. The molecule has 0 saturated heterocycles. The summed E-state index contributed by atoms with van der Waals surface area (Å²) in [6.45, 7) is 0. The normalized spacial score (nSPS) is 11.2. The molecule has 272 valence electrons. The fraction of sp³-hybridized carbons (Fsp3) is 0. The van der Waals surface area contributed by atoms with Gasteiger partial charge in [-0.05, 0) is 0 Å². The van der Waals surface area contributed by atoms with Crippen LogP contribution in [0.5, 0.6) is 0 Å².